The number of urea groups is 1. The van der Waals surface area contributed by atoms with Gasteiger partial charge in [0.25, 0.3) is 11.6 Å². The normalized spacial score (nSPS) is 15.6. The fourth-order valence-electron chi connectivity index (χ4n) is 2.35. The van der Waals surface area contributed by atoms with Crippen LogP contribution in [-0.2, 0) is 11.3 Å². The van der Waals surface area contributed by atoms with E-state index in [2.05, 4.69) is 5.32 Å². The second-order valence-electron chi connectivity index (χ2n) is 5.35. The summed E-state index contributed by atoms with van der Waals surface area (Å²) in [5, 5.41) is 13.7. The van der Waals surface area contributed by atoms with Crippen LogP contribution >= 0.6 is 11.6 Å². The molecule has 0 atom stereocenters. The average Bonchev–Trinajstić information content (AvgIpc) is 2.85. The zero-order chi connectivity index (χ0) is 18.0. The molecule has 1 fully saturated rings. The van der Waals surface area contributed by atoms with Crippen molar-refractivity contribution in [3.8, 4) is 0 Å². The highest BCUT2D eigenvalue weighted by Gasteiger charge is 2.33. The van der Waals surface area contributed by atoms with Crippen molar-refractivity contribution in [2.75, 3.05) is 0 Å². The minimum absolute atomic E-state index is 0.0479. The van der Waals surface area contributed by atoms with E-state index >= 15 is 0 Å². The van der Waals surface area contributed by atoms with E-state index in [1.54, 1.807) is 24.3 Å². The van der Waals surface area contributed by atoms with E-state index in [0.717, 1.165) is 10.5 Å². The lowest BCUT2D eigenvalue weighted by atomic mass is 10.1. The van der Waals surface area contributed by atoms with Crippen molar-refractivity contribution in [3.63, 3.8) is 0 Å². The Labute approximate surface area is 147 Å². The summed E-state index contributed by atoms with van der Waals surface area (Å²) in [5.41, 5.74) is 1.41. The van der Waals surface area contributed by atoms with E-state index in [-0.39, 0.29) is 17.9 Å². The van der Waals surface area contributed by atoms with Crippen molar-refractivity contribution >= 4 is 35.3 Å². The van der Waals surface area contributed by atoms with Gasteiger partial charge in [-0.3, -0.25) is 19.8 Å². The van der Waals surface area contributed by atoms with Crippen molar-refractivity contribution in [2.45, 2.75) is 6.54 Å². The summed E-state index contributed by atoms with van der Waals surface area (Å²) in [6, 6.07) is 12.0. The number of non-ortho nitro benzene ring substituents is 1. The number of nitrogens with one attached hydrogen (secondary N) is 1. The summed E-state index contributed by atoms with van der Waals surface area (Å²) >= 11 is 5.82. The number of nitro benzene ring substituents is 1. The first-order valence-electron chi connectivity index (χ1n) is 7.27. The van der Waals surface area contributed by atoms with E-state index in [1.165, 1.54) is 30.3 Å². The highest BCUT2D eigenvalue weighted by Crippen LogP contribution is 2.19. The van der Waals surface area contributed by atoms with Gasteiger partial charge in [0.2, 0.25) is 0 Å². The predicted octanol–water partition coefficient (Wildman–Crippen LogP) is 3.34. The fraction of sp³-hybridized carbons (Fsp3) is 0.0588. The Morgan fingerprint density at radius 2 is 1.72 bits per heavy atom. The molecule has 8 heteroatoms. The van der Waals surface area contributed by atoms with Crippen molar-refractivity contribution in [3.05, 3.63) is 80.5 Å². The van der Waals surface area contributed by atoms with Gasteiger partial charge in [0.15, 0.2) is 0 Å². The van der Waals surface area contributed by atoms with Crippen LogP contribution in [0.25, 0.3) is 6.08 Å². The molecule has 3 amide bonds. The standard InChI is InChI=1S/C17H12ClN3O4/c18-13-5-1-12(2-6-13)10-20-16(22)15(19-17(20)23)9-11-3-7-14(8-4-11)21(24)25/h1-9H,10H2,(H,19,23)/b15-9+. The topological polar surface area (TPSA) is 92.5 Å². The molecule has 0 aromatic heterocycles. The Morgan fingerprint density at radius 3 is 2.32 bits per heavy atom. The molecule has 1 saturated heterocycles. The highest BCUT2D eigenvalue weighted by atomic mass is 35.5. The maximum Gasteiger partial charge on any atom is 0.329 e. The van der Waals surface area contributed by atoms with Gasteiger partial charge in [-0.05, 0) is 41.5 Å². The summed E-state index contributed by atoms with van der Waals surface area (Å²) in [5.74, 6) is -0.460. The summed E-state index contributed by atoms with van der Waals surface area (Å²) in [7, 11) is 0. The quantitative estimate of drug-likeness (QED) is 0.393. The first-order valence-corrected chi connectivity index (χ1v) is 7.65. The Hall–Kier alpha value is -3.19. The highest BCUT2D eigenvalue weighted by molar-refractivity contribution is 6.30. The van der Waals surface area contributed by atoms with Gasteiger partial charge in [-0.1, -0.05) is 23.7 Å². The van der Waals surface area contributed by atoms with Crippen LogP contribution in [0.2, 0.25) is 5.02 Å². The first-order chi connectivity index (χ1) is 11.9. The molecule has 0 unspecified atom stereocenters. The molecule has 1 aliphatic rings. The van der Waals surface area contributed by atoms with Crippen LogP contribution in [0, 0.1) is 10.1 Å². The molecule has 25 heavy (non-hydrogen) atoms. The SMILES string of the molecule is O=C1N/C(=C/c2ccc([N+](=O)[O-])cc2)C(=O)N1Cc1ccc(Cl)cc1. The third kappa shape index (κ3) is 3.67. The van der Waals surface area contributed by atoms with Gasteiger partial charge in [-0.2, -0.15) is 0 Å². The molecular formula is C17H12ClN3O4. The first kappa shape index (κ1) is 16.7. The maximum absolute atomic E-state index is 12.4. The van der Waals surface area contributed by atoms with Crippen molar-refractivity contribution in [1.29, 1.82) is 0 Å². The molecule has 2 aromatic rings. The van der Waals surface area contributed by atoms with Gasteiger partial charge in [0.1, 0.15) is 5.70 Å². The number of nitro groups is 1. The third-order valence-electron chi connectivity index (χ3n) is 3.63. The lowest BCUT2D eigenvalue weighted by molar-refractivity contribution is -0.384. The zero-order valence-corrected chi connectivity index (χ0v) is 13.6. The maximum atomic E-state index is 12.4. The Balaban J connectivity index is 1.78. The molecule has 1 N–H and O–H groups in total. The fourth-order valence-corrected chi connectivity index (χ4v) is 2.47. The molecule has 7 nitrogen and oxygen atoms in total. The minimum Gasteiger partial charge on any atom is -0.303 e. The molecule has 3 rings (SSSR count). The van der Waals surface area contributed by atoms with E-state index < -0.39 is 16.9 Å². The van der Waals surface area contributed by atoms with Crippen LogP contribution in [0.3, 0.4) is 0 Å². The van der Waals surface area contributed by atoms with Crippen molar-refractivity contribution < 1.29 is 14.5 Å². The molecule has 0 spiro atoms. The number of imide groups is 1. The predicted molar refractivity (Wildman–Crippen MR) is 91.6 cm³/mol. The molecule has 1 aliphatic heterocycles. The molecule has 126 valence electrons. The molecule has 2 aromatic carbocycles. The molecular weight excluding hydrogens is 346 g/mol. The molecule has 0 bridgehead atoms. The van der Waals surface area contributed by atoms with Crippen molar-refractivity contribution in [2.24, 2.45) is 0 Å². The molecule has 0 radical (unpaired) electrons. The number of amides is 3. The zero-order valence-electron chi connectivity index (χ0n) is 12.8. The number of hydrogen-bond acceptors (Lipinski definition) is 4. The van der Waals surface area contributed by atoms with Gasteiger partial charge < -0.3 is 5.32 Å². The van der Waals surface area contributed by atoms with Gasteiger partial charge in [0.05, 0.1) is 11.5 Å². The Morgan fingerprint density at radius 1 is 1.08 bits per heavy atom. The van der Waals surface area contributed by atoms with Crippen LogP contribution in [0.15, 0.2) is 54.2 Å². The molecule has 0 saturated carbocycles. The smallest absolute Gasteiger partial charge is 0.303 e. The number of benzene rings is 2. The summed E-state index contributed by atoms with van der Waals surface area (Å²) in [6.45, 7) is 0.124. The van der Waals surface area contributed by atoms with E-state index in [0.29, 0.717) is 10.6 Å². The summed E-state index contributed by atoms with van der Waals surface area (Å²) < 4.78 is 0. The van der Waals surface area contributed by atoms with E-state index in [9.17, 15) is 19.7 Å². The Bertz CT molecular complexity index is 876. The number of halogens is 1. The van der Waals surface area contributed by atoms with E-state index in [1.807, 2.05) is 0 Å². The molecule has 0 aliphatic carbocycles. The lowest BCUT2D eigenvalue weighted by Gasteiger charge is -2.11. The van der Waals surface area contributed by atoms with Gasteiger partial charge in [-0.25, -0.2) is 4.79 Å². The average molecular weight is 358 g/mol. The van der Waals surface area contributed by atoms with Gasteiger partial charge >= 0.3 is 6.03 Å². The third-order valence-corrected chi connectivity index (χ3v) is 3.88. The van der Waals surface area contributed by atoms with E-state index in [4.69, 9.17) is 11.6 Å². The monoisotopic (exact) mass is 357 g/mol. The number of hydrogen-bond donors (Lipinski definition) is 1. The van der Waals surface area contributed by atoms with Crippen LogP contribution in [0.5, 0.6) is 0 Å². The number of nitrogens with zero attached hydrogens (tertiary/aromatic N) is 2. The van der Waals surface area contributed by atoms with Crippen LogP contribution < -0.4 is 5.32 Å². The summed E-state index contributed by atoms with van der Waals surface area (Å²) in [6.07, 6.45) is 1.48. The minimum atomic E-state index is -0.520. The Kier molecular flexibility index (Phi) is 4.49. The number of carbonyl (C=O) groups is 2. The van der Waals surface area contributed by atoms with Gasteiger partial charge in [-0.15, -0.1) is 0 Å². The number of carbonyl (C=O) groups excluding carboxylic acids is 2. The second kappa shape index (κ2) is 6.74. The van der Waals surface area contributed by atoms with Crippen LogP contribution in [-0.4, -0.2) is 21.8 Å². The second-order valence-corrected chi connectivity index (χ2v) is 5.79. The van der Waals surface area contributed by atoms with Crippen molar-refractivity contribution in [1.82, 2.24) is 10.2 Å². The molecule has 1 heterocycles. The van der Waals surface area contributed by atoms with Gasteiger partial charge in [0, 0.05) is 17.2 Å². The summed E-state index contributed by atoms with van der Waals surface area (Å²) in [4.78, 5) is 35.7. The largest absolute Gasteiger partial charge is 0.329 e. The number of rotatable bonds is 4. The van der Waals surface area contributed by atoms with Crippen LogP contribution in [0.4, 0.5) is 10.5 Å². The van der Waals surface area contributed by atoms with Crippen LogP contribution in [0.1, 0.15) is 11.1 Å². The lowest BCUT2D eigenvalue weighted by Crippen LogP contribution is -2.30.